The third kappa shape index (κ3) is 2.69. The molecule has 1 unspecified atom stereocenters. The summed E-state index contributed by atoms with van der Waals surface area (Å²) in [5, 5.41) is 11.5. The summed E-state index contributed by atoms with van der Waals surface area (Å²) in [6, 6.07) is 1.15. The Morgan fingerprint density at radius 3 is 2.67 bits per heavy atom. The van der Waals surface area contributed by atoms with Crippen LogP contribution < -0.4 is 27.3 Å². The van der Waals surface area contributed by atoms with Crippen molar-refractivity contribution in [2.75, 3.05) is 30.4 Å². The van der Waals surface area contributed by atoms with E-state index in [0.29, 0.717) is 41.1 Å². The minimum absolute atomic E-state index is 0.00684. The number of amides is 1. The fourth-order valence-electron chi connectivity index (χ4n) is 5.14. The van der Waals surface area contributed by atoms with Crippen molar-refractivity contribution < 1.29 is 14.3 Å². The van der Waals surface area contributed by atoms with Crippen molar-refractivity contribution in [1.82, 2.24) is 14.6 Å². The number of aromatic nitrogens is 2. The average Bonchev–Trinajstić information content (AvgIpc) is 3.59. The first-order chi connectivity index (χ1) is 14.2. The zero-order valence-corrected chi connectivity index (χ0v) is 16.7. The number of benzene rings is 1. The van der Waals surface area contributed by atoms with Gasteiger partial charge in [0.2, 0.25) is 0 Å². The van der Waals surface area contributed by atoms with Crippen molar-refractivity contribution in [2.24, 2.45) is 11.3 Å². The molecule has 1 atom stereocenters. The molecular weight excluding hydrogens is 393 g/mol. The van der Waals surface area contributed by atoms with E-state index in [1.807, 2.05) is 4.90 Å². The van der Waals surface area contributed by atoms with Crippen molar-refractivity contribution in [2.45, 2.75) is 38.6 Å². The molecule has 1 aromatic carbocycles. The molecule has 5 rings (SSSR count). The lowest BCUT2D eigenvalue weighted by molar-refractivity contribution is 0.191. The number of hydrogen-bond donors (Lipinski definition) is 3. The maximum atomic E-state index is 15.3. The number of nitrogen functional groups attached to an aromatic ring is 1. The Hall–Kier alpha value is -3.04. The van der Waals surface area contributed by atoms with Crippen LogP contribution in [0.3, 0.4) is 0 Å². The van der Waals surface area contributed by atoms with Crippen LogP contribution in [0.25, 0.3) is 10.9 Å². The zero-order valence-electron chi connectivity index (χ0n) is 16.7. The standard InChI is InChI=1S/C20H24FN5O4/c1-10-15-13(17(27)26(22)19(30)25(15)12-2-3-12)6-14(21)16(10)24-8-11(7-23-18(28)29)20(9-24)4-5-20/h6,11-12,23H,2-5,7-9,22H2,1H3,(H,28,29). The van der Waals surface area contributed by atoms with E-state index in [4.69, 9.17) is 10.9 Å². The average molecular weight is 417 g/mol. The van der Waals surface area contributed by atoms with Gasteiger partial charge in [0.25, 0.3) is 5.56 Å². The maximum Gasteiger partial charge on any atom is 0.404 e. The number of rotatable bonds is 4. The highest BCUT2D eigenvalue weighted by atomic mass is 19.1. The summed E-state index contributed by atoms with van der Waals surface area (Å²) in [6.45, 7) is 3.21. The number of halogens is 1. The lowest BCUT2D eigenvalue weighted by Crippen LogP contribution is -2.44. The molecule has 4 N–H and O–H groups in total. The Morgan fingerprint density at radius 2 is 2.07 bits per heavy atom. The number of fused-ring (bicyclic) bond motifs is 1. The Morgan fingerprint density at radius 1 is 1.37 bits per heavy atom. The van der Waals surface area contributed by atoms with Crippen LogP contribution in [0.15, 0.2) is 15.7 Å². The Balaban J connectivity index is 1.63. The third-order valence-corrected chi connectivity index (χ3v) is 7.00. The quantitative estimate of drug-likeness (QED) is 0.642. The van der Waals surface area contributed by atoms with Crippen LogP contribution in [0.1, 0.15) is 37.3 Å². The molecule has 160 valence electrons. The minimum atomic E-state index is -1.07. The summed E-state index contributed by atoms with van der Waals surface area (Å²) in [5.41, 5.74) is 0.0856. The molecule has 1 saturated heterocycles. The van der Waals surface area contributed by atoms with Gasteiger partial charge in [0.1, 0.15) is 5.82 Å². The SMILES string of the molecule is Cc1c(N2CC(CNC(=O)O)C3(CC3)C2)c(F)cc2c(=O)n(N)c(=O)n(C3CC3)c12. The fourth-order valence-corrected chi connectivity index (χ4v) is 5.14. The van der Waals surface area contributed by atoms with Gasteiger partial charge in [-0.25, -0.2) is 14.0 Å². The van der Waals surface area contributed by atoms with E-state index in [9.17, 15) is 14.4 Å². The molecule has 1 spiro atoms. The van der Waals surface area contributed by atoms with E-state index in [1.165, 1.54) is 10.6 Å². The highest BCUT2D eigenvalue weighted by Gasteiger charge is 2.55. The molecule has 9 nitrogen and oxygen atoms in total. The van der Waals surface area contributed by atoms with E-state index >= 15 is 4.39 Å². The Bertz CT molecular complexity index is 1190. The summed E-state index contributed by atoms with van der Waals surface area (Å²) in [5.74, 6) is 5.24. The third-order valence-electron chi connectivity index (χ3n) is 7.00. The first kappa shape index (κ1) is 19.0. The van der Waals surface area contributed by atoms with Gasteiger partial charge in [0.05, 0.1) is 16.6 Å². The Labute approximate surface area is 170 Å². The summed E-state index contributed by atoms with van der Waals surface area (Å²) < 4.78 is 17.4. The molecule has 3 fully saturated rings. The minimum Gasteiger partial charge on any atom is -0.465 e. The van der Waals surface area contributed by atoms with Gasteiger partial charge in [-0.2, -0.15) is 4.68 Å². The number of carbonyl (C=O) groups is 1. The molecule has 30 heavy (non-hydrogen) atoms. The number of carboxylic acid groups (broad SMARTS) is 1. The van der Waals surface area contributed by atoms with Gasteiger partial charge in [-0.3, -0.25) is 9.36 Å². The van der Waals surface area contributed by atoms with Crippen LogP contribution in [0, 0.1) is 24.1 Å². The lowest BCUT2D eigenvalue weighted by Gasteiger charge is -2.24. The van der Waals surface area contributed by atoms with Gasteiger partial charge < -0.3 is 21.2 Å². The van der Waals surface area contributed by atoms with Gasteiger partial charge in [-0.05, 0) is 44.1 Å². The van der Waals surface area contributed by atoms with Crippen molar-refractivity contribution in [3.63, 3.8) is 0 Å². The molecule has 1 aliphatic heterocycles. The van der Waals surface area contributed by atoms with Crippen molar-refractivity contribution in [1.29, 1.82) is 0 Å². The van der Waals surface area contributed by atoms with Crippen LogP contribution in [0.2, 0.25) is 0 Å². The van der Waals surface area contributed by atoms with Gasteiger partial charge in [0, 0.05) is 37.2 Å². The lowest BCUT2D eigenvalue weighted by atomic mass is 9.93. The Kier molecular flexibility index (Phi) is 3.93. The monoisotopic (exact) mass is 417 g/mol. The van der Waals surface area contributed by atoms with Crippen LogP contribution >= 0.6 is 0 Å². The largest absolute Gasteiger partial charge is 0.465 e. The van der Waals surface area contributed by atoms with Gasteiger partial charge in [-0.15, -0.1) is 0 Å². The maximum absolute atomic E-state index is 15.3. The van der Waals surface area contributed by atoms with E-state index in [2.05, 4.69) is 5.32 Å². The smallest absolute Gasteiger partial charge is 0.404 e. The topological polar surface area (TPSA) is 123 Å². The molecule has 1 amide bonds. The predicted molar refractivity (Wildman–Crippen MR) is 109 cm³/mol. The molecule has 3 aliphatic rings. The molecule has 2 saturated carbocycles. The van der Waals surface area contributed by atoms with Crippen LogP contribution in [-0.4, -0.2) is 40.1 Å². The predicted octanol–water partition coefficient (Wildman–Crippen LogP) is 1.14. The van der Waals surface area contributed by atoms with E-state index in [-0.39, 0.29) is 22.8 Å². The zero-order chi connectivity index (χ0) is 21.4. The molecule has 1 aromatic heterocycles. The number of nitrogens with zero attached hydrogens (tertiary/aromatic N) is 3. The van der Waals surface area contributed by atoms with Gasteiger partial charge in [0.15, 0.2) is 0 Å². The van der Waals surface area contributed by atoms with Crippen LogP contribution in [-0.2, 0) is 0 Å². The normalized spacial score (nSPS) is 22.1. The fraction of sp³-hybridized carbons (Fsp3) is 0.550. The summed E-state index contributed by atoms with van der Waals surface area (Å²) in [6.07, 6.45) is 2.52. The highest BCUT2D eigenvalue weighted by molar-refractivity contribution is 5.87. The summed E-state index contributed by atoms with van der Waals surface area (Å²) in [4.78, 5) is 38.2. The van der Waals surface area contributed by atoms with Gasteiger partial charge in [-0.1, -0.05) is 0 Å². The molecule has 0 radical (unpaired) electrons. The molecule has 2 aliphatic carbocycles. The molecule has 2 heterocycles. The number of hydrogen-bond acceptors (Lipinski definition) is 5. The van der Waals surface area contributed by atoms with Crippen molar-refractivity contribution in [3.05, 3.63) is 38.3 Å². The highest BCUT2D eigenvalue weighted by Crippen LogP contribution is 2.57. The number of aryl methyl sites for hydroxylation is 1. The van der Waals surface area contributed by atoms with Crippen LogP contribution in [0.5, 0.6) is 0 Å². The number of nitrogens with one attached hydrogen (secondary N) is 1. The van der Waals surface area contributed by atoms with E-state index in [1.54, 1.807) is 6.92 Å². The summed E-state index contributed by atoms with van der Waals surface area (Å²) >= 11 is 0. The molecular formula is C20H24FN5O4. The molecule has 0 bridgehead atoms. The van der Waals surface area contributed by atoms with E-state index < -0.39 is 23.2 Å². The second-order valence-electron chi connectivity index (χ2n) is 8.91. The summed E-state index contributed by atoms with van der Waals surface area (Å²) in [7, 11) is 0. The van der Waals surface area contributed by atoms with Crippen molar-refractivity contribution >= 4 is 22.7 Å². The van der Waals surface area contributed by atoms with Crippen LogP contribution in [0.4, 0.5) is 14.9 Å². The van der Waals surface area contributed by atoms with Gasteiger partial charge >= 0.3 is 11.8 Å². The van der Waals surface area contributed by atoms with Crippen molar-refractivity contribution in [3.8, 4) is 0 Å². The number of anilines is 1. The second kappa shape index (κ2) is 6.23. The first-order valence-electron chi connectivity index (χ1n) is 10.2. The second-order valence-corrected chi connectivity index (χ2v) is 8.91. The first-order valence-corrected chi connectivity index (χ1v) is 10.2. The number of nitrogens with two attached hydrogens (primary N) is 1. The van der Waals surface area contributed by atoms with E-state index in [0.717, 1.165) is 25.7 Å². The molecule has 10 heteroatoms. The molecule has 2 aromatic rings.